The average Bonchev–Trinajstić information content (AvgIpc) is 3.32. The van der Waals surface area contributed by atoms with E-state index in [0.29, 0.717) is 31.5 Å². The van der Waals surface area contributed by atoms with Crippen molar-refractivity contribution in [3.63, 3.8) is 0 Å². The predicted molar refractivity (Wildman–Crippen MR) is 127 cm³/mol. The number of aliphatic carboxylic acids is 2. The van der Waals surface area contributed by atoms with Crippen molar-refractivity contribution in [3.05, 3.63) is 18.2 Å². The van der Waals surface area contributed by atoms with Crippen molar-refractivity contribution >= 4 is 42.3 Å². The molecule has 0 aliphatic rings. The fourth-order valence-corrected chi connectivity index (χ4v) is 3.27. The van der Waals surface area contributed by atoms with E-state index in [0.717, 1.165) is 0 Å². The number of unbranched alkanes of at least 4 members (excludes halogenated alkanes) is 1. The summed E-state index contributed by atoms with van der Waals surface area (Å²) in [5.41, 5.74) is 11.7. The van der Waals surface area contributed by atoms with Gasteiger partial charge in [0.2, 0.25) is 17.7 Å². The van der Waals surface area contributed by atoms with Crippen LogP contribution < -0.4 is 27.4 Å². The Hall–Kier alpha value is -3.17. The maximum Gasteiger partial charge on any atom is 0.326 e. The van der Waals surface area contributed by atoms with E-state index in [4.69, 9.17) is 16.6 Å². The third kappa shape index (κ3) is 11.2. The fraction of sp³-hybridized carbons (Fsp3) is 0.600. The number of hydrogen-bond donors (Lipinski definition) is 9. The number of carboxylic acid groups (broad SMARTS) is 2. The summed E-state index contributed by atoms with van der Waals surface area (Å²) in [6.45, 7) is 0.440. The number of carbonyl (C=O) groups excluding carboxylic acids is 3. The van der Waals surface area contributed by atoms with Crippen molar-refractivity contribution in [1.82, 2.24) is 25.9 Å². The number of imidazole rings is 1. The van der Waals surface area contributed by atoms with Gasteiger partial charge in [0.25, 0.3) is 0 Å². The lowest BCUT2D eigenvalue weighted by atomic mass is 10.1. The first-order valence-electron chi connectivity index (χ1n) is 11.0. The van der Waals surface area contributed by atoms with Gasteiger partial charge in [-0.2, -0.15) is 12.6 Å². The smallest absolute Gasteiger partial charge is 0.326 e. The number of carboxylic acids is 2. The van der Waals surface area contributed by atoms with Gasteiger partial charge in [0.1, 0.15) is 18.1 Å². The molecule has 0 aromatic carbocycles. The van der Waals surface area contributed by atoms with Crippen LogP contribution in [0.3, 0.4) is 0 Å². The number of nitrogens with one attached hydrogen (secondary N) is 4. The molecule has 0 aliphatic heterocycles. The molecular weight excluding hydrogens is 482 g/mol. The Morgan fingerprint density at radius 3 is 2.14 bits per heavy atom. The van der Waals surface area contributed by atoms with Crippen LogP contribution in [-0.4, -0.2) is 86.3 Å². The zero-order valence-electron chi connectivity index (χ0n) is 19.1. The van der Waals surface area contributed by atoms with Crippen molar-refractivity contribution in [1.29, 1.82) is 0 Å². The molecule has 1 aromatic heterocycles. The van der Waals surface area contributed by atoms with Crippen LogP contribution in [0.15, 0.2) is 12.5 Å². The van der Waals surface area contributed by atoms with Gasteiger partial charge in [0.05, 0.1) is 12.4 Å². The van der Waals surface area contributed by atoms with Gasteiger partial charge < -0.3 is 42.6 Å². The molecule has 14 nitrogen and oxygen atoms in total. The number of nitrogens with zero attached hydrogens (tertiary/aromatic N) is 1. The number of aromatic nitrogens is 2. The molecule has 35 heavy (non-hydrogen) atoms. The van der Waals surface area contributed by atoms with Crippen LogP contribution in [0.25, 0.3) is 0 Å². The van der Waals surface area contributed by atoms with Gasteiger partial charge in [-0.25, -0.2) is 9.78 Å². The third-order valence-electron chi connectivity index (χ3n) is 4.99. The minimum absolute atomic E-state index is 0.0757. The highest BCUT2D eigenvalue weighted by Gasteiger charge is 2.30. The lowest BCUT2D eigenvalue weighted by Gasteiger charge is -2.24. The minimum atomic E-state index is -1.31. The van der Waals surface area contributed by atoms with E-state index in [-0.39, 0.29) is 18.6 Å². The average molecular weight is 516 g/mol. The Bertz CT molecular complexity index is 853. The van der Waals surface area contributed by atoms with Crippen LogP contribution in [0.1, 0.15) is 37.8 Å². The Morgan fingerprint density at radius 1 is 0.971 bits per heavy atom. The van der Waals surface area contributed by atoms with Crippen LogP contribution in [-0.2, 0) is 30.4 Å². The molecule has 4 atom stereocenters. The molecule has 4 unspecified atom stereocenters. The summed E-state index contributed by atoms with van der Waals surface area (Å²) in [5.74, 6) is -4.97. The summed E-state index contributed by atoms with van der Waals surface area (Å²) >= 11 is 4.05. The second-order valence-corrected chi connectivity index (χ2v) is 8.17. The molecule has 0 bridgehead atoms. The quantitative estimate of drug-likeness (QED) is 0.0796. The van der Waals surface area contributed by atoms with Crippen molar-refractivity contribution in [2.24, 2.45) is 11.5 Å². The number of rotatable bonds is 17. The first-order chi connectivity index (χ1) is 16.6. The lowest BCUT2D eigenvalue weighted by molar-refractivity contribution is -0.142. The number of hydrogen-bond acceptors (Lipinski definition) is 9. The molecule has 10 N–H and O–H groups in total. The SMILES string of the molecule is NCCCCC(N)C(=O)NC(CCC(=O)O)C(=O)NC(CS)C(=O)NC(Cc1cnc[nH]1)C(=O)O. The summed E-state index contributed by atoms with van der Waals surface area (Å²) in [6.07, 6.45) is 3.62. The highest BCUT2D eigenvalue weighted by molar-refractivity contribution is 7.80. The van der Waals surface area contributed by atoms with E-state index in [9.17, 15) is 29.1 Å². The van der Waals surface area contributed by atoms with Gasteiger partial charge in [-0.05, 0) is 25.8 Å². The molecule has 0 radical (unpaired) electrons. The molecule has 1 rings (SSSR count). The summed E-state index contributed by atoms with van der Waals surface area (Å²) < 4.78 is 0. The number of H-pyrrole nitrogens is 1. The first kappa shape index (κ1) is 29.9. The standard InChI is InChI=1S/C20H33N7O7S/c21-6-2-1-3-12(22)17(30)25-13(4-5-16(28)29)18(31)27-15(9-35)19(32)26-14(20(33)34)7-11-8-23-10-24-11/h8,10,12-15,35H,1-7,9,21-22H2,(H,23,24)(H,25,30)(H,26,32)(H,27,31)(H,28,29)(H,33,34). The first-order valence-corrected chi connectivity index (χ1v) is 11.6. The summed E-state index contributed by atoms with van der Waals surface area (Å²) in [4.78, 5) is 66.9. The fourth-order valence-electron chi connectivity index (χ4n) is 3.01. The van der Waals surface area contributed by atoms with Gasteiger partial charge in [-0.3, -0.25) is 19.2 Å². The molecule has 0 aliphatic carbocycles. The Labute approximate surface area is 207 Å². The molecule has 0 spiro atoms. The topological polar surface area (TPSA) is 243 Å². The number of thiol groups is 1. The second-order valence-electron chi connectivity index (χ2n) is 7.81. The third-order valence-corrected chi connectivity index (χ3v) is 5.36. The van der Waals surface area contributed by atoms with Crippen molar-refractivity contribution < 1.29 is 34.2 Å². The number of carbonyl (C=O) groups is 5. The Balaban J connectivity index is 2.83. The van der Waals surface area contributed by atoms with Crippen LogP contribution in [0.5, 0.6) is 0 Å². The van der Waals surface area contributed by atoms with Crippen LogP contribution >= 0.6 is 12.6 Å². The molecule has 15 heteroatoms. The van der Waals surface area contributed by atoms with E-state index in [2.05, 4.69) is 38.5 Å². The maximum atomic E-state index is 12.8. The highest BCUT2D eigenvalue weighted by Crippen LogP contribution is 2.05. The van der Waals surface area contributed by atoms with Gasteiger partial charge in [0.15, 0.2) is 0 Å². The van der Waals surface area contributed by atoms with E-state index in [1.54, 1.807) is 0 Å². The van der Waals surface area contributed by atoms with Gasteiger partial charge >= 0.3 is 11.9 Å². The second kappa shape index (κ2) is 15.7. The molecule has 0 saturated carbocycles. The predicted octanol–water partition coefficient (Wildman–Crippen LogP) is -2.26. The monoisotopic (exact) mass is 515 g/mol. The van der Waals surface area contributed by atoms with E-state index in [1.807, 2.05) is 0 Å². The van der Waals surface area contributed by atoms with Crippen molar-refractivity contribution in [2.45, 2.75) is 62.7 Å². The summed E-state index contributed by atoms with van der Waals surface area (Å²) in [7, 11) is 0. The molecule has 196 valence electrons. The molecular formula is C20H33N7O7S. The highest BCUT2D eigenvalue weighted by atomic mass is 32.1. The molecule has 3 amide bonds. The largest absolute Gasteiger partial charge is 0.481 e. The van der Waals surface area contributed by atoms with E-state index in [1.165, 1.54) is 12.5 Å². The lowest BCUT2D eigenvalue weighted by Crippen LogP contribution is -2.58. The van der Waals surface area contributed by atoms with E-state index >= 15 is 0 Å². The Kier molecular flexibility index (Phi) is 13.4. The summed E-state index contributed by atoms with van der Waals surface area (Å²) in [5, 5.41) is 25.5. The molecule has 0 fully saturated rings. The van der Waals surface area contributed by atoms with Crippen molar-refractivity contribution in [3.8, 4) is 0 Å². The number of aromatic amines is 1. The van der Waals surface area contributed by atoms with Crippen molar-refractivity contribution in [2.75, 3.05) is 12.3 Å². The number of nitrogens with two attached hydrogens (primary N) is 2. The zero-order chi connectivity index (χ0) is 26.4. The number of amides is 3. The molecule has 1 heterocycles. The van der Waals surface area contributed by atoms with Gasteiger partial charge in [-0.15, -0.1) is 0 Å². The van der Waals surface area contributed by atoms with Gasteiger partial charge in [-0.1, -0.05) is 6.42 Å². The summed E-state index contributed by atoms with van der Waals surface area (Å²) in [6, 6.07) is -4.77. The maximum absolute atomic E-state index is 12.8. The zero-order valence-corrected chi connectivity index (χ0v) is 20.0. The Morgan fingerprint density at radius 2 is 1.60 bits per heavy atom. The molecule has 0 saturated heterocycles. The van der Waals surface area contributed by atoms with Crippen LogP contribution in [0.2, 0.25) is 0 Å². The normalized spacial score (nSPS) is 14.3. The van der Waals surface area contributed by atoms with Crippen LogP contribution in [0.4, 0.5) is 0 Å². The van der Waals surface area contributed by atoms with E-state index < -0.39 is 60.2 Å². The molecule has 1 aromatic rings. The minimum Gasteiger partial charge on any atom is -0.481 e. The van der Waals surface area contributed by atoms with Gasteiger partial charge in [0, 0.05) is 30.5 Å². The van der Waals surface area contributed by atoms with Crippen LogP contribution in [0, 0.1) is 0 Å².